The molecule has 0 saturated heterocycles. The third kappa shape index (κ3) is 39.2. The van der Waals surface area contributed by atoms with Gasteiger partial charge in [0.25, 0.3) is 0 Å². The van der Waals surface area contributed by atoms with E-state index < -0.39 is 18.1 Å². The number of hydrogen-bond acceptors (Lipinski definition) is 6. The van der Waals surface area contributed by atoms with E-state index in [0.717, 1.165) is 96.3 Å². The second kappa shape index (κ2) is 41.5. The maximum Gasteiger partial charge on any atom is 0.362 e. The summed E-state index contributed by atoms with van der Waals surface area (Å²) in [6.45, 7) is 4.37. The molecule has 0 aromatic rings. The predicted molar refractivity (Wildman–Crippen MR) is 252 cm³/mol. The molecule has 8 heteroatoms. The highest BCUT2D eigenvalue weighted by atomic mass is 16.6. The van der Waals surface area contributed by atoms with Gasteiger partial charge in [0.05, 0.1) is 34.4 Å². The Kier molecular flexibility index (Phi) is 38.5. The van der Waals surface area contributed by atoms with E-state index in [1.54, 1.807) is 0 Å². The van der Waals surface area contributed by atoms with E-state index in [1.165, 1.54) is 0 Å². The van der Waals surface area contributed by atoms with E-state index in [0.29, 0.717) is 12.8 Å². The van der Waals surface area contributed by atoms with Crippen molar-refractivity contribution in [2.45, 2.75) is 148 Å². The molecule has 0 rings (SSSR count). The SMILES string of the molecule is CC/C=C/C/C=C/C/C=C/C/C=C/C/C=C/CCCCCCC(=O)OC(COCCC(C(=O)O)[N+](C)(C)C)COC(=O)CC/C=C/C/C=C/C/C=C/C/C=C/C/C=C/CC. The summed E-state index contributed by atoms with van der Waals surface area (Å²) in [6, 6.07) is -0.638. The van der Waals surface area contributed by atoms with E-state index in [9.17, 15) is 19.5 Å². The summed E-state index contributed by atoms with van der Waals surface area (Å²) >= 11 is 0. The zero-order valence-electron chi connectivity index (χ0n) is 38.1. The van der Waals surface area contributed by atoms with Crippen LogP contribution in [0.1, 0.15) is 136 Å². The van der Waals surface area contributed by atoms with Crippen molar-refractivity contribution in [3.8, 4) is 0 Å². The number of nitrogens with zero attached hydrogens (tertiary/aromatic N) is 1. The molecule has 0 aliphatic carbocycles. The van der Waals surface area contributed by atoms with Gasteiger partial charge in [-0.3, -0.25) is 9.59 Å². The summed E-state index contributed by atoms with van der Waals surface area (Å²) in [7, 11) is 5.48. The highest BCUT2D eigenvalue weighted by molar-refractivity contribution is 5.72. The van der Waals surface area contributed by atoms with Crippen LogP contribution in [0, 0.1) is 0 Å². The predicted octanol–water partition coefficient (Wildman–Crippen LogP) is 12.6. The summed E-state index contributed by atoms with van der Waals surface area (Å²) in [5.74, 6) is -1.63. The van der Waals surface area contributed by atoms with Gasteiger partial charge in [-0.2, -0.15) is 0 Å². The average Bonchev–Trinajstić information content (AvgIpc) is 3.21. The molecule has 0 aromatic heterocycles. The first-order valence-corrected chi connectivity index (χ1v) is 22.6. The molecule has 2 unspecified atom stereocenters. The minimum Gasteiger partial charge on any atom is -0.477 e. The van der Waals surface area contributed by atoms with Crippen LogP contribution in [0.25, 0.3) is 0 Å². The van der Waals surface area contributed by atoms with Crippen molar-refractivity contribution in [1.29, 1.82) is 0 Å². The largest absolute Gasteiger partial charge is 0.477 e. The third-order valence-corrected chi connectivity index (χ3v) is 9.12. The Morgan fingerprint density at radius 3 is 1.35 bits per heavy atom. The molecular formula is C52H82NO7+. The molecule has 0 aliphatic heterocycles. The Bertz CT molecular complexity index is 1390. The number of quaternary nitrogens is 1. The third-order valence-electron chi connectivity index (χ3n) is 9.12. The average molecular weight is 833 g/mol. The molecule has 0 saturated carbocycles. The minimum absolute atomic E-state index is 0.0184. The summed E-state index contributed by atoms with van der Waals surface area (Å²) in [6.07, 6.45) is 58.3. The van der Waals surface area contributed by atoms with Crippen LogP contribution in [-0.2, 0) is 28.6 Å². The highest BCUT2D eigenvalue weighted by Crippen LogP contribution is 2.11. The van der Waals surface area contributed by atoms with Crippen LogP contribution in [0.5, 0.6) is 0 Å². The minimum atomic E-state index is -0.895. The number of likely N-dealkylation sites (N-methyl/N-ethyl adjacent to an activating group) is 1. The maximum absolute atomic E-state index is 12.7. The number of carbonyl (C=O) groups excluding carboxylic acids is 2. The summed E-state index contributed by atoms with van der Waals surface area (Å²) in [5.41, 5.74) is 0. The number of hydrogen-bond donors (Lipinski definition) is 1. The zero-order chi connectivity index (χ0) is 44.2. The van der Waals surface area contributed by atoms with Gasteiger partial charge in [-0.15, -0.1) is 0 Å². The van der Waals surface area contributed by atoms with Gasteiger partial charge in [-0.25, -0.2) is 4.79 Å². The first-order chi connectivity index (χ1) is 29.1. The van der Waals surface area contributed by atoms with Crippen molar-refractivity contribution >= 4 is 17.9 Å². The number of carboxylic acids is 1. The van der Waals surface area contributed by atoms with Crippen molar-refractivity contribution in [3.63, 3.8) is 0 Å². The van der Waals surface area contributed by atoms with E-state index in [2.05, 4.69) is 123 Å². The van der Waals surface area contributed by atoms with Gasteiger partial charge in [0.2, 0.25) is 0 Å². The molecule has 8 nitrogen and oxygen atoms in total. The molecule has 0 spiro atoms. The lowest BCUT2D eigenvalue weighted by atomic mass is 10.1. The molecular weight excluding hydrogens is 751 g/mol. The molecule has 0 heterocycles. The molecule has 0 aliphatic rings. The molecule has 2 atom stereocenters. The summed E-state index contributed by atoms with van der Waals surface area (Å²) in [4.78, 5) is 37.0. The Balaban J connectivity index is 4.52. The van der Waals surface area contributed by atoms with E-state index >= 15 is 0 Å². The van der Waals surface area contributed by atoms with Crippen molar-refractivity contribution in [3.05, 3.63) is 122 Å². The lowest BCUT2D eigenvalue weighted by Crippen LogP contribution is -2.50. The fourth-order valence-corrected chi connectivity index (χ4v) is 5.69. The molecule has 0 fully saturated rings. The van der Waals surface area contributed by atoms with Crippen molar-refractivity contribution < 1.29 is 38.2 Å². The molecule has 0 bridgehead atoms. The van der Waals surface area contributed by atoms with Crippen LogP contribution < -0.4 is 0 Å². The Morgan fingerprint density at radius 1 is 0.500 bits per heavy atom. The summed E-state index contributed by atoms with van der Waals surface area (Å²) in [5, 5.41) is 9.63. The van der Waals surface area contributed by atoms with Gasteiger partial charge in [0.1, 0.15) is 6.61 Å². The number of esters is 2. The van der Waals surface area contributed by atoms with Gasteiger partial charge >= 0.3 is 17.9 Å². The van der Waals surface area contributed by atoms with E-state index in [-0.39, 0.29) is 49.1 Å². The van der Waals surface area contributed by atoms with Crippen LogP contribution in [0.2, 0.25) is 0 Å². The Hall–Kier alpha value is -4.27. The summed E-state index contributed by atoms with van der Waals surface area (Å²) < 4.78 is 17.2. The van der Waals surface area contributed by atoms with Gasteiger partial charge in [-0.05, 0) is 89.9 Å². The number of rotatable bonds is 38. The van der Waals surface area contributed by atoms with Crippen LogP contribution in [0.15, 0.2) is 122 Å². The molecule has 0 amide bonds. The molecule has 336 valence electrons. The van der Waals surface area contributed by atoms with Crippen molar-refractivity contribution in [1.82, 2.24) is 0 Å². The Morgan fingerprint density at radius 2 is 0.917 bits per heavy atom. The quantitative estimate of drug-likeness (QED) is 0.0286. The smallest absolute Gasteiger partial charge is 0.362 e. The number of aliphatic carboxylic acids is 1. The molecule has 0 radical (unpaired) electrons. The van der Waals surface area contributed by atoms with Crippen LogP contribution in [0.4, 0.5) is 0 Å². The van der Waals surface area contributed by atoms with Gasteiger partial charge in [0.15, 0.2) is 12.1 Å². The van der Waals surface area contributed by atoms with E-state index in [1.807, 2.05) is 33.3 Å². The fourth-order valence-electron chi connectivity index (χ4n) is 5.69. The van der Waals surface area contributed by atoms with Crippen LogP contribution >= 0.6 is 0 Å². The highest BCUT2D eigenvalue weighted by Gasteiger charge is 2.31. The van der Waals surface area contributed by atoms with E-state index in [4.69, 9.17) is 14.2 Å². The number of allylic oxidation sites excluding steroid dienone is 20. The molecule has 1 N–H and O–H groups in total. The monoisotopic (exact) mass is 833 g/mol. The number of ether oxygens (including phenoxy) is 3. The zero-order valence-corrected chi connectivity index (χ0v) is 38.1. The Labute approximate surface area is 365 Å². The van der Waals surface area contributed by atoms with Gasteiger partial charge < -0.3 is 23.8 Å². The first-order valence-electron chi connectivity index (χ1n) is 22.6. The molecule has 60 heavy (non-hydrogen) atoms. The van der Waals surface area contributed by atoms with Crippen LogP contribution in [0.3, 0.4) is 0 Å². The maximum atomic E-state index is 12.7. The standard InChI is InChI=1S/C52H81NO7/c1-6-8-10-12-14-16-18-20-22-24-25-26-27-29-31-33-35-37-39-41-43-51(55)60-48(46-58-45-44-49(52(56)57)53(3,4)5)47-59-50(54)42-40-38-36-34-32-30-28-23-21-19-17-15-13-11-9-7-2/h8-11,14-17,20-23,25-26,29-32,36,38,48-49H,6-7,12-13,18-19,24,27-28,33-35,37,39-47H2,1-5H3/p+1/b10-8+,11-9+,16-14+,17-15+,22-20+,23-21+,26-25+,31-29+,32-30+,38-36+. The van der Waals surface area contributed by atoms with Crippen LogP contribution in [-0.4, -0.2) is 80.6 Å². The fraction of sp³-hybridized carbons (Fsp3) is 0.558. The lowest BCUT2D eigenvalue weighted by molar-refractivity contribution is -0.887. The number of carboxylic acid groups (broad SMARTS) is 1. The lowest BCUT2D eigenvalue weighted by Gasteiger charge is -2.31. The topological polar surface area (TPSA) is 99.1 Å². The normalized spacial score (nSPS) is 14.1. The number of carbonyl (C=O) groups is 3. The van der Waals surface area contributed by atoms with Gasteiger partial charge in [-0.1, -0.05) is 148 Å². The first kappa shape index (κ1) is 55.7. The number of unbranched alkanes of at least 4 members (excludes halogenated alkanes) is 4. The molecule has 0 aromatic carbocycles. The second-order valence-electron chi connectivity index (χ2n) is 15.5. The van der Waals surface area contributed by atoms with Gasteiger partial charge in [0, 0.05) is 19.3 Å². The van der Waals surface area contributed by atoms with Crippen molar-refractivity contribution in [2.24, 2.45) is 0 Å². The second-order valence-corrected chi connectivity index (χ2v) is 15.5. The van der Waals surface area contributed by atoms with Crippen molar-refractivity contribution in [2.75, 3.05) is 41.0 Å².